The Kier molecular flexibility index (Phi) is 8.16. The highest BCUT2D eigenvalue weighted by molar-refractivity contribution is 5.85. The van der Waals surface area contributed by atoms with Gasteiger partial charge in [-0.1, -0.05) is 12.1 Å². The van der Waals surface area contributed by atoms with E-state index in [4.69, 9.17) is 9.15 Å². The Balaban J connectivity index is 0.00000261. The Hall–Kier alpha value is -2.02. The van der Waals surface area contributed by atoms with Crippen molar-refractivity contribution >= 4 is 18.3 Å². The molecule has 148 valence electrons. The van der Waals surface area contributed by atoms with Crippen molar-refractivity contribution in [3.05, 3.63) is 54.0 Å². The molecule has 0 bridgehead atoms. The smallest absolute Gasteiger partial charge is 0.222 e. The van der Waals surface area contributed by atoms with Gasteiger partial charge in [-0.25, -0.2) is 0 Å². The maximum atomic E-state index is 12.4. The molecule has 0 spiro atoms. The monoisotopic (exact) mass is 394 g/mol. The first-order chi connectivity index (χ1) is 12.7. The predicted octanol–water partition coefficient (Wildman–Crippen LogP) is 2.52. The van der Waals surface area contributed by atoms with Crippen LogP contribution in [0.15, 0.2) is 47.1 Å². The summed E-state index contributed by atoms with van der Waals surface area (Å²) in [6.45, 7) is 3.47. The van der Waals surface area contributed by atoms with Crippen LogP contribution in [0.5, 0.6) is 5.75 Å². The van der Waals surface area contributed by atoms with Crippen molar-refractivity contribution in [3.8, 4) is 5.75 Å². The average Bonchev–Trinajstić information content (AvgIpc) is 3.22. The summed E-state index contributed by atoms with van der Waals surface area (Å²) in [6, 6.07) is 11.4. The summed E-state index contributed by atoms with van der Waals surface area (Å²) >= 11 is 0. The third-order valence-electron chi connectivity index (χ3n) is 4.81. The molecule has 0 saturated carbocycles. The molecule has 1 unspecified atom stereocenters. The molecule has 1 aromatic carbocycles. The van der Waals surface area contributed by atoms with Crippen LogP contribution in [-0.4, -0.2) is 60.6 Å². The Morgan fingerprint density at radius 3 is 2.48 bits per heavy atom. The number of carbonyl (C=O) groups excluding carboxylic acids is 1. The van der Waals surface area contributed by atoms with E-state index in [1.807, 2.05) is 29.2 Å². The number of β-amino-alcohol motifs (C(OH)–C–C–N with tert-alkyl or cyclic N) is 1. The molecule has 0 aliphatic carbocycles. The molecule has 1 aliphatic heterocycles. The van der Waals surface area contributed by atoms with E-state index in [0.717, 1.165) is 30.8 Å². The topological polar surface area (TPSA) is 66.2 Å². The normalized spacial score (nSPS) is 15.9. The summed E-state index contributed by atoms with van der Waals surface area (Å²) in [6.07, 6.45) is 2.20. The number of hydrogen-bond acceptors (Lipinski definition) is 5. The number of ether oxygens (including phenoxy) is 1. The van der Waals surface area contributed by atoms with Gasteiger partial charge in [0, 0.05) is 39.1 Å². The molecule has 1 atom stereocenters. The Morgan fingerprint density at radius 2 is 1.89 bits per heavy atom. The van der Waals surface area contributed by atoms with Crippen LogP contribution in [0.25, 0.3) is 0 Å². The molecule has 1 saturated heterocycles. The minimum absolute atomic E-state index is 0. The first-order valence-corrected chi connectivity index (χ1v) is 9.00. The van der Waals surface area contributed by atoms with Crippen LogP contribution in [0, 0.1) is 0 Å². The van der Waals surface area contributed by atoms with Crippen molar-refractivity contribution in [2.24, 2.45) is 0 Å². The van der Waals surface area contributed by atoms with Gasteiger partial charge in [0.1, 0.15) is 17.6 Å². The van der Waals surface area contributed by atoms with Gasteiger partial charge in [-0.3, -0.25) is 9.69 Å². The van der Waals surface area contributed by atoms with E-state index in [9.17, 15) is 9.90 Å². The molecule has 1 N–H and O–H groups in total. The lowest BCUT2D eigenvalue weighted by molar-refractivity contribution is -0.133. The summed E-state index contributed by atoms with van der Waals surface area (Å²) in [5.41, 5.74) is 1.14. The number of benzene rings is 1. The number of hydrogen-bond donors (Lipinski definition) is 1. The highest BCUT2D eigenvalue weighted by Crippen LogP contribution is 2.17. The average molecular weight is 395 g/mol. The van der Waals surface area contributed by atoms with Crippen molar-refractivity contribution in [3.63, 3.8) is 0 Å². The molecule has 1 aliphatic rings. The third-order valence-corrected chi connectivity index (χ3v) is 4.81. The van der Waals surface area contributed by atoms with E-state index < -0.39 is 6.10 Å². The van der Waals surface area contributed by atoms with Crippen LogP contribution in [0.1, 0.15) is 23.8 Å². The van der Waals surface area contributed by atoms with Crippen LogP contribution < -0.4 is 4.74 Å². The number of furan rings is 1. The molecular formula is C20H27ClN2O4. The predicted molar refractivity (Wildman–Crippen MR) is 105 cm³/mol. The standard InChI is InChI=1S/C20H26N2O4.ClH/c1-25-17-7-4-16(5-8-17)6-9-20(24)22-12-10-21(11-13-22)15-18(23)19-3-2-14-26-19;/h2-5,7-8,14,18,23H,6,9-13,15H2,1H3;1H. The molecule has 2 heterocycles. The number of carbonyl (C=O) groups is 1. The zero-order valence-corrected chi connectivity index (χ0v) is 16.4. The number of piperazine rings is 1. The van der Waals surface area contributed by atoms with E-state index in [0.29, 0.717) is 31.8 Å². The maximum absolute atomic E-state index is 12.4. The fraction of sp³-hybridized carbons (Fsp3) is 0.450. The van der Waals surface area contributed by atoms with Crippen LogP contribution in [0.3, 0.4) is 0 Å². The number of rotatable bonds is 7. The second-order valence-corrected chi connectivity index (χ2v) is 6.56. The van der Waals surface area contributed by atoms with Gasteiger partial charge in [0.25, 0.3) is 0 Å². The van der Waals surface area contributed by atoms with Gasteiger partial charge in [-0.2, -0.15) is 0 Å². The second kappa shape index (κ2) is 10.3. The lowest BCUT2D eigenvalue weighted by Gasteiger charge is -2.35. The van der Waals surface area contributed by atoms with Crippen molar-refractivity contribution in [2.75, 3.05) is 39.8 Å². The Labute approximate surface area is 166 Å². The van der Waals surface area contributed by atoms with Crippen LogP contribution in [0.2, 0.25) is 0 Å². The number of amides is 1. The molecule has 1 aromatic heterocycles. The molecule has 27 heavy (non-hydrogen) atoms. The number of methoxy groups -OCH3 is 1. The maximum Gasteiger partial charge on any atom is 0.222 e. The van der Waals surface area contributed by atoms with E-state index in [1.165, 1.54) is 0 Å². The first kappa shape index (κ1) is 21.3. The number of halogens is 1. The van der Waals surface area contributed by atoms with Gasteiger partial charge in [0.2, 0.25) is 5.91 Å². The van der Waals surface area contributed by atoms with E-state index in [-0.39, 0.29) is 18.3 Å². The first-order valence-electron chi connectivity index (χ1n) is 9.00. The van der Waals surface area contributed by atoms with E-state index in [2.05, 4.69) is 4.90 Å². The molecule has 0 radical (unpaired) electrons. The SMILES string of the molecule is COc1ccc(CCC(=O)N2CCN(CC(O)c3ccco3)CC2)cc1.Cl. The van der Waals surface area contributed by atoms with Crippen molar-refractivity contribution < 1.29 is 19.1 Å². The number of aliphatic hydroxyl groups is 1. The zero-order valence-electron chi connectivity index (χ0n) is 15.5. The molecule has 6 nitrogen and oxygen atoms in total. The van der Waals surface area contributed by atoms with Crippen LogP contribution >= 0.6 is 12.4 Å². The molecule has 7 heteroatoms. The number of aryl methyl sites for hydroxylation is 1. The quantitative estimate of drug-likeness (QED) is 0.781. The Morgan fingerprint density at radius 1 is 1.19 bits per heavy atom. The molecule has 1 fully saturated rings. The highest BCUT2D eigenvalue weighted by Gasteiger charge is 2.23. The minimum Gasteiger partial charge on any atom is -0.497 e. The summed E-state index contributed by atoms with van der Waals surface area (Å²) in [7, 11) is 1.64. The summed E-state index contributed by atoms with van der Waals surface area (Å²) in [5.74, 6) is 1.60. The van der Waals surface area contributed by atoms with Gasteiger partial charge in [0.15, 0.2) is 0 Å². The number of aliphatic hydroxyl groups excluding tert-OH is 1. The van der Waals surface area contributed by atoms with Crippen molar-refractivity contribution in [1.29, 1.82) is 0 Å². The van der Waals surface area contributed by atoms with Crippen molar-refractivity contribution in [2.45, 2.75) is 18.9 Å². The zero-order chi connectivity index (χ0) is 18.4. The second-order valence-electron chi connectivity index (χ2n) is 6.56. The van der Waals surface area contributed by atoms with E-state index >= 15 is 0 Å². The fourth-order valence-corrected chi connectivity index (χ4v) is 3.20. The molecule has 3 rings (SSSR count). The lowest BCUT2D eigenvalue weighted by atomic mass is 10.1. The minimum atomic E-state index is -0.623. The Bertz CT molecular complexity index is 683. The number of nitrogens with zero attached hydrogens (tertiary/aromatic N) is 2. The summed E-state index contributed by atoms with van der Waals surface area (Å²) < 4.78 is 10.4. The molecular weight excluding hydrogens is 368 g/mol. The van der Waals surface area contributed by atoms with Crippen LogP contribution in [-0.2, 0) is 11.2 Å². The van der Waals surface area contributed by atoms with Gasteiger partial charge >= 0.3 is 0 Å². The highest BCUT2D eigenvalue weighted by atomic mass is 35.5. The summed E-state index contributed by atoms with van der Waals surface area (Å²) in [5, 5.41) is 10.2. The largest absolute Gasteiger partial charge is 0.497 e. The molecule has 2 aromatic rings. The van der Waals surface area contributed by atoms with E-state index in [1.54, 1.807) is 25.5 Å². The fourth-order valence-electron chi connectivity index (χ4n) is 3.20. The van der Waals surface area contributed by atoms with Crippen LogP contribution in [0.4, 0.5) is 0 Å². The van der Waals surface area contributed by atoms with Gasteiger partial charge < -0.3 is 19.2 Å². The lowest BCUT2D eigenvalue weighted by Crippen LogP contribution is -2.49. The van der Waals surface area contributed by atoms with Gasteiger partial charge in [0.05, 0.1) is 13.4 Å². The van der Waals surface area contributed by atoms with Crippen molar-refractivity contribution in [1.82, 2.24) is 9.80 Å². The third kappa shape index (κ3) is 5.99. The van der Waals surface area contributed by atoms with Gasteiger partial charge in [-0.05, 0) is 36.2 Å². The van der Waals surface area contributed by atoms with Gasteiger partial charge in [-0.15, -0.1) is 12.4 Å². The molecule has 1 amide bonds. The summed E-state index contributed by atoms with van der Waals surface area (Å²) in [4.78, 5) is 16.5.